The zero-order valence-corrected chi connectivity index (χ0v) is 9.33. The molecule has 0 bridgehead atoms. The highest BCUT2D eigenvalue weighted by Crippen LogP contribution is 2.13. The third-order valence-corrected chi connectivity index (χ3v) is 2.44. The van der Waals surface area contributed by atoms with Crippen LogP contribution in [0.4, 0.5) is 0 Å². The van der Waals surface area contributed by atoms with E-state index in [0.717, 1.165) is 17.0 Å². The molecule has 15 heavy (non-hydrogen) atoms. The first kappa shape index (κ1) is 10.4. The topological polar surface area (TPSA) is 25.8 Å². The third kappa shape index (κ3) is 2.91. The molecule has 0 N–H and O–H groups in total. The maximum atomic E-state index is 5.79. The molecule has 1 aromatic heterocycles. The summed E-state index contributed by atoms with van der Waals surface area (Å²) in [5.41, 5.74) is 2.20. The summed E-state index contributed by atoms with van der Waals surface area (Å²) in [4.78, 5) is 7.84. The highest BCUT2D eigenvalue weighted by atomic mass is 35.5. The molecule has 2 rings (SSSR count). The van der Waals surface area contributed by atoms with Crippen LogP contribution >= 0.6 is 23.2 Å². The summed E-state index contributed by atoms with van der Waals surface area (Å²) < 4.78 is 0. The molecular weight excluding hydrogens is 231 g/mol. The van der Waals surface area contributed by atoms with Crippen molar-refractivity contribution in [2.75, 3.05) is 0 Å². The molecule has 2 nitrogen and oxygen atoms in total. The van der Waals surface area contributed by atoms with E-state index in [2.05, 4.69) is 9.97 Å². The van der Waals surface area contributed by atoms with Gasteiger partial charge in [0.1, 0.15) is 0 Å². The lowest BCUT2D eigenvalue weighted by molar-refractivity contribution is 1.07. The van der Waals surface area contributed by atoms with Crippen LogP contribution in [0.1, 0.15) is 11.1 Å². The average molecular weight is 239 g/mol. The first-order chi connectivity index (χ1) is 7.24. The largest absolute Gasteiger partial charge is 0.226 e. The van der Waals surface area contributed by atoms with Crippen LogP contribution < -0.4 is 0 Å². The number of rotatable bonds is 2. The smallest absolute Gasteiger partial charge is 0.222 e. The summed E-state index contributed by atoms with van der Waals surface area (Å²) in [5, 5.41) is 1.01. The van der Waals surface area contributed by atoms with E-state index in [-0.39, 0.29) is 5.28 Å². The van der Waals surface area contributed by atoms with Gasteiger partial charge in [0, 0.05) is 23.8 Å². The van der Waals surface area contributed by atoms with E-state index in [1.807, 2.05) is 24.3 Å². The second-order valence-corrected chi connectivity index (χ2v) is 3.94. The van der Waals surface area contributed by atoms with Crippen molar-refractivity contribution in [3.05, 3.63) is 58.1 Å². The van der Waals surface area contributed by atoms with Gasteiger partial charge < -0.3 is 0 Å². The zero-order valence-electron chi connectivity index (χ0n) is 7.82. The van der Waals surface area contributed by atoms with E-state index < -0.39 is 0 Å². The molecule has 2 aromatic rings. The number of benzene rings is 1. The number of hydrogen-bond donors (Lipinski definition) is 0. The average Bonchev–Trinajstić information content (AvgIpc) is 2.25. The Balaban J connectivity index is 2.15. The summed E-state index contributed by atoms with van der Waals surface area (Å²) >= 11 is 11.4. The van der Waals surface area contributed by atoms with E-state index in [0.29, 0.717) is 0 Å². The van der Waals surface area contributed by atoms with Crippen molar-refractivity contribution in [1.29, 1.82) is 0 Å². The molecule has 0 radical (unpaired) electrons. The third-order valence-electron chi connectivity index (χ3n) is 2.00. The van der Waals surface area contributed by atoms with Crippen LogP contribution in [0.5, 0.6) is 0 Å². The van der Waals surface area contributed by atoms with Crippen molar-refractivity contribution >= 4 is 23.2 Å². The summed E-state index contributed by atoms with van der Waals surface area (Å²) in [7, 11) is 0. The van der Waals surface area contributed by atoms with Crippen molar-refractivity contribution < 1.29 is 0 Å². The van der Waals surface area contributed by atoms with Crippen molar-refractivity contribution in [3.63, 3.8) is 0 Å². The minimum atomic E-state index is 0.273. The van der Waals surface area contributed by atoms with Crippen LogP contribution in [0.2, 0.25) is 10.3 Å². The first-order valence-corrected chi connectivity index (χ1v) is 5.20. The van der Waals surface area contributed by atoms with Crippen molar-refractivity contribution in [2.45, 2.75) is 6.42 Å². The second kappa shape index (κ2) is 4.60. The van der Waals surface area contributed by atoms with E-state index in [9.17, 15) is 0 Å². The van der Waals surface area contributed by atoms with Gasteiger partial charge in [-0.15, -0.1) is 0 Å². The van der Waals surface area contributed by atoms with Gasteiger partial charge in [-0.2, -0.15) is 0 Å². The first-order valence-electron chi connectivity index (χ1n) is 4.45. The highest BCUT2D eigenvalue weighted by molar-refractivity contribution is 6.30. The lowest BCUT2D eigenvalue weighted by atomic mass is 10.1. The maximum absolute atomic E-state index is 5.79. The van der Waals surface area contributed by atoms with Gasteiger partial charge >= 0.3 is 0 Å². The number of nitrogens with zero attached hydrogens (tertiary/aromatic N) is 2. The van der Waals surface area contributed by atoms with E-state index in [1.54, 1.807) is 12.4 Å². The van der Waals surface area contributed by atoms with E-state index in [1.165, 1.54) is 5.56 Å². The van der Waals surface area contributed by atoms with Gasteiger partial charge in [0.2, 0.25) is 5.28 Å². The minimum Gasteiger partial charge on any atom is -0.226 e. The van der Waals surface area contributed by atoms with E-state index in [4.69, 9.17) is 23.2 Å². The fourth-order valence-electron chi connectivity index (χ4n) is 1.27. The Labute approximate surface area is 97.9 Å². The van der Waals surface area contributed by atoms with Crippen molar-refractivity contribution in [2.24, 2.45) is 0 Å². The number of halogens is 2. The molecule has 1 aromatic carbocycles. The summed E-state index contributed by atoms with van der Waals surface area (Å²) in [6.07, 6.45) is 4.24. The normalized spacial score (nSPS) is 10.3. The Morgan fingerprint density at radius 2 is 1.47 bits per heavy atom. The van der Waals surface area contributed by atoms with Gasteiger partial charge in [0.05, 0.1) is 0 Å². The fraction of sp³-hybridized carbons (Fsp3) is 0.0909. The molecule has 0 aliphatic heterocycles. The minimum absolute atomic E-state index is 0.273. The van der Waals surface area contributed by atoms with Gasteiger partial charge in [-0.1, -0.05) is 23.7 Å². The summed E-state index contributed by atoms with van der Waals surface area (Å²) in [6, 6.07) is 7.70. The predicted molar refractivity (Wildman–Crippen MR) is 61.3 cm³/mol. The fourth-order valence-corrected chi connectivity index (χ4v) is 1.49. The lowest BCUT2D eigenvalue weighted by Crippen LogP contribution is -1.91. The molecule has 0 atom stereocenters. The molecule has 0 spiro atoms. The molecular formula is C11H8Cl2N2. The molecule has 0 saturated carbocycles. The van der Waals surface area contributed by atoms with Gasteiger partial charge in [0.25, 0.3) is 0 Å². The van der Waals surface area contributed by atoms with Crippen LogP contribution in [0, 0.1) is 0 Å². The Bertz CT molecular complexity index is 394. The molecule has 0 amide bonds. The van der Waals surface area contributed by atoms with Gasteiger partial charge in [-0.3, -0.25) is 0 Å². The lowest BCUT2D eigenvalue weighted by Gasteiger charge is -2.00. The molecule has 76 valence electrons. The Kier molecular flexibility index (Phi) is 3.19. The second-order valence-electron chi connectivity index (χ2n) is 3.16. The van der Waals surface area contributed by atoms with Gasteiger partial charge in [0.15, 0.2) is 0 Å². The summed E-state index contributed by atoms with van der Waals surface area (Å²) in [6.45, 7) is 0. The predicted octanol–water partition coefficient (Wildman–Crippen LogP) is 3.37. The molecule has 0 saturated heterocycles. The Morgan fingerprint density at radius 1 is 0.867 bits per heavy atom. The molecule has 4 heteroatoms. The summed E-state index contributed by atoms with van der Waals surface area (Å²) in [5.74, 6) is 0. The highest BCUT2D eigenvalue weighted by Gasteiger charge is 1.98. The molecule has 0 aliphatic rings. The monoisotopic (exact) mass is 238 g/mol. The maximum Gasteiger partial charge on any atom is 0.222 e. The zero-order chi connectivity index (χ0) is 10.7. The SMILES string of the molecule is Clc1ccc(Cc2cnc(Cl)nc2)cc1. The number of hydrogen-bond acceptors (Lipinski definition) is 2. The van der Waals surface area contributed by atoms with Crippen molar-refractivity contribution in [3.8, 4) is 0 Å². The standard InChI is InChI=1S/C11H8Cl2N2/c12-10-3-1-8(2-4-10)5-9-6-14-11(13)15-7-9/h1-4,6-7H,5H2. The molecule has 0 unspecified atom stereocenters. The van der Waals surface area contributed by atoms with Crippen LogP contribution in [-0.2, 0) is 6.42 Å². The Hall–Kier alpha value is -1.12. The number of aromatic nitrogens is 2. The molecule has 0 aliphatic carbocycles. The van der Waals surface area contributed by atoms with Crippen LogP contribution in [-0.4, -0.2) is 9.97 Å². The van der Waals surface area contributed by atoms with Gasteiger partial charge in [-0.25, -0.2) is 9.97 Å². The van der Waals surface area contributed by atoms with Crippen molar-refractivity contribution in [1.82, 2.24) is 9.97 Å². The van der Waals surface area contributed by atoms with Gasteiger partial charge in [-0.05, 0) is 34.9 Å². The van der Waals surface area contributed by atoms with Crippen LogP contribution in [0.15, 0.2) is 36.7 Å². The van der Waals surface area contributed by atoms with E-state index >= 15 is 0 Å². The van der Waals surface area contributed by atoms with Crippen LogP contribution in [0.3, 0.4) is 0 Å². The quantitative estimate of drug-likeness (QED) is 0.751. The molecule has 1 heterocycles. The van der Waals surface area contributed by atoms with Crippen LogP contribution in [0.25, 0.3) is 0 Å². The Morgan fingerprint density at radius 3 is 2.07 bits per heavy atom. The molecule has 0 fully saturated rings.